The summed E-state index contributed by atoms with van der Waals surface area (Å²) in [5.41, 5.74) is 5.46. The average Bonchev–Trinajstić information content (AvgIpc) is 3.68. The van der Waals surface area contributed by atoms with Crippen LogP contribution in [0.5, 0.6) is 5.75 Å². The number of nitrogens with one attached hydrogen (secondary N) is 2. The van der Waals surface area contributed by atoms with E-state index in [1.807, 2.05) is 77.7 Å². The molecule has 7 nitrogen and oxygen atoms in total. The van der Waals surface area contributed by atoms with Gasteiger partial charge in [-0.1, -0.05) is 48.5 Å². The second-order valence-corrected chi connectivity index (χ2v) is 9.29. The van der Waals surface area contributed by atoms with Crippen molar-refractivity contribution in [3.05, 3.63) is 114 Å². The molecule has 5 aromatic rings. The van der Waals surface area contributed by atoms with Gasteiger partial charge in [0.15, 0.2) is 0 Å². The van der Waals surface area contributed by atoms with Crippen molar-refractivity contribution in [2.75, 3.05) is 13.7 Å². The molecule has 6 rings (SSSR count). The van der Waals surface area contributed by atoms with Gasteiger partial charge in [0.2, 0.25) is 5.91 Å². The quantitative estimate of drug-likeness (QED) is 0.284. The second-order valence-electron chi connectivity index (χ2n) is 9.29. The van der Waals surface area contributed by atoms with Crippen LogP contribution in [0.4, 0.5) is 0 Å². The molecule has 3 heterocycles. The summed E-state index contributed by atoms with van der Waals surface area (Å²) in [6.07, 6.45) is 1.75. The zero-order chi connectivity index (χ0) is 26.1. The fourth-order valence-electron chi connectivity index (χ4n) is 5.28. The van der Waals surface area contributed by atoms with E-state index >= 15 is 0 Å². The predicted molar refractivity (Wildman–Crippen MR) is 145 cm³/mol. The molecule has 0 radical (unpaired) electrons. The molecule has 7 heteroatoms. The number of carbonyl (C=O) groups excluding carboxylic acids is 2. The lowest BCUT2D eigenvalue weighted by molar-refractivity contribution is -0.121. The summed E-state index contributed by atoms with van der Waals surface area (Å²) in [7, 11) is 1.65. The first-order chi connectivity index (χ1) is 18.6. The number of amides is 2. The number of carbonyl (C=O) groups is 2. The van der Waals surface area contributed by atoms with E-state index in [0.717, 1.165) is 39.0 Å². The number of hydrogen-bond acceptors (Lipinski definition) is 4. The molecule has 1 unspecified atom stereocenters. The molecule has 1 aliphatic heterocycles. The Hall–Kier alpha value is -4.78. The summed E-state index contributed by atoms with van der Waals surface area (Å²) in [6, 6.07) is 27.0. The van der Waals surface area contributed by atoms with Crippen LogP contribution in [0.3, 0.4) is 0 Å². The summed E-state index contributed by atoms with van der Waals surface area (Å²) in [5, 5.41) is 3.92. The van der Waals surface area contributed by atoms with Crippen molar-refractivity contribution >= 4 is 22.7 Å². The summed E-state index contributed by atoms with van der Waals surface area (Å²) in [6.45, 7) is 0.588. The molecule has 1 aliphatic rings. The van der Waals surface area contributed by atoms with E-state index in [-0.39, 0.29) is 30.8 Å². The second kappa shape index (κ2) is 9.94. The zero-order valence-electron chi connectivity index (χ0n) is 20.9. The highest BCUT2D eigenvalue weighted by molar-refractivity contribution is 6.02. The molecule has 0 spiro atoms. The summed E-state index contributed by atoms with van der Waals surface area (Å²) in [4.78, 5) is 31.8. The fourth-order valence-corrected chi connectivity index (χ4v) is 5.28. The standard InChI is InChI=1S/C31H27N3O4/c1-37-21-9-6-8-20(18-21)29-28(25-13-4-5-14-26(25)33-29)30-23-11-2-3-12-24(23)31(36)34(30)16-15-27(35)32-19-22-10-7-17-38-22/h2-14,17-18,30,33H,15-16,19H2,1H3,(H,32,35). The van der Waals surface area contributed by atoms with Crippen LogP contribution in [0, 0.1) is 0 Å². The molecular formula is C31H27N3O4. The number of methoxy groups -OCH3 is 1. The number of nitrogens with zero attached hydrogens (tertiary/aromatic N) is 1. The van der Waals surface area contributed by atoms with Gasteiger partial charge in [-0.2, -0.15) is 0 Å². The Labute approximate surface area is 220 Å². The molecule has 0 aliphatic carbocycles. The highest BCUT2D eigenvalue weighted by atomic mass is 16.5. The molecule has 0 saturated carbocycles. The van der Waals surface area contributed by atoms with Crippen LogP contribution in [0.2, 0.25) is 0 Å². The topological polar surface area (TPSA) is 87.6 Å². The van der Waals surface area contributed by atoms with Crippen molar-refractivity contribution in [1.82, 2.24) is 15.2 Å². The van der Waals surface area contributed by atoms with Crippen molar-refractivity contribution in [2.45, 2.75) is 19.0 Å². The minimum atomic E-state index is -0.353. The Morgan fingerprint density at radius 1 is 1.03 bits per heavy atom. The highest BCUT2D eigenvalue weighted by Crippen LogP contribution is 2.45. The normalized spacial score (nSPS) is 14.6. The average molecular weight is 506 g/mol. The Kier molecular flexibility index (Phi) is 6.17. The van der Waals surface area contributed by atoms with Gasteiger partial charge in [0.25, 0.3) is 5.91 Å². The summed E-state index contributed by atoms with van der Waals surface area (Å²) < 4.78 is 10.8. The number of hydrogen-bond donors (Lipinski definition) is 2. The number of benzene rings is 3. The van der Waals surface area contributed by atoms with Crippen LogP contribution in [-0.4, -0.2) is 35.4 Å². The molecule has 0 bridgehead atoms. The molecule has 2 aromatic heterocycles. The van der Waals surface area contributed by atoms with Gasteiger partial charge in [-0.3, -0.25) is 9.59 Å². The van der Waals surface area contributed by atoms with Gasteiger partial charge in [0.1, 0.15) is 11.5 Å². The first-order valence-corrected chi connectivity index (χ1v) is 12.6. The first-order valence-electron chi connectivity index (χ1n) is 12.6. The lowest BCUT2D eigenvalue weighted by atomic mass is 9.93. The van der Waals surface area contributed by atoms with Crippen LogP contribution >= 0.6 is 0 Å². The lowest BCUT2D eigenvalue weighted by Gasteiger charge is -2.26. The third-order valence-electron chi connectivity index (χ3n) is 7.06. The minimum Gasteiger partial charge on any atom is -0.497 e. The molecular weight excluding hydrogens is 478 g/mol. The van der Waals surface area contributed by atoms with E-state index in [2.05, 4.69) is 16.4 Å². The Balaban J connectivity index is 1.40. The Morgan fingerprint density at radius 2 is 1.87 bits per heavy atom. The number of para-hydroxylation sites is 1. The van der Waals surface area contributed by atoms with Crippen molar-refractivity contribution < 1.29 is 18.7 Å². The summed E-state index contributed by atoms with van der Waals surface area (Å²) in [5.74, 6) is 1.21. The molecule has 1 atom stereocenters. The molecule has 0 fully saturated rings. The van der Waals surface area contributed by atoms with Gasteiger partial charge in [-0.25, -0.2) is 0 Å². The van der Waals surface area contributed by atoms with Gasteiger partial charge in [0, 0.05) is 40.6 Å². The van der Waals surface area contributed by atoms with Gasteiger partial charge < -0.3 is 24.4 Å². The van der Waals surface area contributed by atoms with Crippen LogP contribution < -0.4 is 10.1 Å². The SMILES string of the molecule is COc1cccc(-c2[nH]c3ccccc3c2C2c3ccccc3C(=O)N2CCC(=O)NCc2ccco2)c1. The maximum Gasteiger partial charge on any atom is 0.255 e. The largest absolute Gasteiger partial charge is 0.497 e. The van der Waals surface area contributed by atoms with Gasteiger partial charge >= 0.3 is 0 Å². The third-order valence-corrected chi connectivity index (χ3v) is 7.06. The van der Waals surface area contributed by atoms with Crippen LogP contribution in [0.1, 0.15) is 39.7 Å². The first kappa shape index (κ1) is 23.6. The molecule has 2 N–H and O–H groups in total. The van der Waals surface area contributed by atoms with Crippen molar-refractivity contribution in [3.63, 3.8) is 0 Å². The fraction of sp³-hybridized carbons (Fsp3) is 0.161. The summed E-state index contributed by atoms with van der Waals surface area (Å²) >= 11 is 0. The van der Waals surface area contributed by atoms with Gasteiger partial charge in [-0.05, 0) is 42.0 Å². The maximum atomic E-state index is 13.7. The highest BCUT2D eigenvalue weighted by Gasteiger charge is 2.40. The lowest BCUT2D eigenvalue weighted by Crippen LogP contribution is -2.33. The van der Waals surface area contributed by atoms with Gasteiger partial charge in [0.05, 0.1) is 31.7 Å². The molecule has 38 heavy (non-hydrogen) atoms. The van der Waals surface area contributed by atoms with Crippen LogP contribution in [0.25, 0.3) is 22.2 Å². The number of fused-ring (bicyclic) bond motifs is 2. The number of aromatic amines is 1. The van der Waals surface area contributed by atoms with Gasteiger partial charge in [-0.15, -0.1) is 0 Å². The molecule has 2 amide bonds. The Bertz CT molecular complexity index is 1620. The zero-order valence-corrected chi connectivity index (χ0v) is 20.9. The number of furan rings is 1. The van der Waals surface area contributed by atoms with Crippen molar-refractivity contribution in [2.24, 2.45) is 0 Å². The number of aromatic nitrogens is 1. The predicted octanol–water partition coefficient (Wildman–Crippen LogP) is 5.69. The molecule has 0 saturated heterocycles. The molecule has 190 valence electrons. The third kappa shape index (κ3) is 4.22. The van der Waals surface area contributed by atoms with E-state index in [1.165, 1.54) is 0 Å². The van der Waals surface area contributed by atoms with E-state index in [9.17, 15) is 9.59 Å². The number of H-pyrrole nitrogens is 1. The Morgan fingerprint density at radius 3 is 2.71 bits per heavy atom. The van der Waals surface area contributed by atoms with Crippen LogP contribution in [-0.2, 0) is 11.3 Å². The van der Waals surface area contributed by atoms with Crippen molar-refractivity contribution in [1.29, 1.82) is 0 Å². The minimum absolute atomic E-state index is 0.0775. The van der Waals surface area contributed by atoms with E-state index < -0.39 is 0 Å². The molecule has 3 aromatic carbocycles. The van der Waals surface area contributed by atoms with E-state index in [0.29, 0.717) is 17.9 Å². The maximum absolute atomic E-state index is 13.7. The van der Waals surface area contributed by atoms with Crippen molar-refractivity contribution in [3.8, 4) is 17.0 Å². The number of rotatable bonds is 8. The van der Waals surface area contributed by atoms with Crippen LogP contribution in [0.15, 0.2) is 95.6 Å². The smallest absolute Gasteiger partial charge is 0.255 e. The monoisotopic (exact) mass is 505 g/mol. The van der Waals surface area contributed by atoms with E-state index in [1.54, 1.807) is 19.4 Å². The number of ether oxygens (including phenoxy) is 1. The van der Waals surface area contributed by atoms with E-state index in [4.69, 9.17) is 9.15 Å².